The van der Waals surface area contributed by atoms with Gasteiger partial charge < -0.3 is 11.1 Å². The van der Waals surface area contributed by atoms with Crippen molar-refractivity contribution in [3.8, 4) is 0 Å². The molecule has 0 aliphatic rings. The summed E-state index contributed by atoms with van der Waals surface area (Å²) in [6.07, 6.45) is 0.261. The van der Waals surface area contributed by atoms with Crippen LogP contribution in [-0.4, -0.2) is 15.9 Å². The molecule has 0 aliphatic carbocycles. The maximum Gasteiger partial charge on any atom is 0.226 e. The molecule has 0 unspecified atom stereocenters. The lowest BCUT2D eigenvalue weighted by atomic mass is 10.3. The number of carbonyl (C=O) groups is 1. The Kier molecular flexibility index (Phi) is 3.70. The SMILES string of the molecule is Cc1nc(CNC(=O)Cc2csc(N)n2)cs1. The van der Waals surface area contributed by atoms with Crippen LogP contribution in [-0.2, 0) is 17.8 Å². The highest BCUT2D eigenvalue weighted by Crippen LogP contribution is 2.11. The second-order valence-corrected chi connectivity index (χ2v) is 5.44. The van der Waals surface area contributed by atoms with Crippen molar-refractivity contribution in [3.05, 3.63) is 27.2 Å². The van der Waals surface area contributed by atoms with E-state index in [1.54, 1.807) is 16.7 Å². The monoisotopic (exact) mass is 268 g/mol. The van der Waals surface area contributed by atoms with Crippen LogP contribution < -0.4 is 11.1 Å². The summed E-state index contributed by atoms with van der Waals surface area (Å²) in [4.78, 5) is 19.9. The minimum Gasteiger partial charge on any atom is -0.375 e. The van der Waals surface area contributed by atoms with Crippen molar-refractivity contribution in [2.75, 3.05) is 5.73 Å². The number of aromatic nitrogens is 2. The molecule has 1 amide bonds. The van der Waals surface area contributed by atoms with Crippen molar-refractivity contribution < 1.29 is 4.79 Å². The first-order valence-corrected chi connectivity index (χ1v) is 6.77. The van der Waals surface area contributed by atoms with Crippen LogP contribution in [0.3, 0.4) is 0 Å². The van der Waals surface area contributed by atoms with Gasteiger partial charge in [-0.15, -0.1) is 22.7 Å². The van der Waals surface area contributed by atoms with E-state index in [0.717, 1.165) is 10.7 Å². The summed E-state index contributed by atoms with van der Waals surface area (Å²) < 4.78 is 0. The number of amides is 1. The highest BCUT2D eigenvalue weighted by molar-refractivity contribution is 7.13. The molecule has 2 aromatic heterocycles. The molecule has 0 radical (unpaired) electrons. The summed E-state index contributed by atoms with van der Waals surface area (Å²) >= 11 is 2.91. The molecule has 7 heteroatoms. The molecule has 2 heterocycles. The smallest absolute Gasteiger partial charge is 0.226 e. The van der Waals surface area contributed by atoms with Gasteiger partial charge in [0, 0.05) is 10.8 Å². The summed E-state index contributed by atoms with van der Waals surface area (Å²) in [5, 5.41) is 8.02. The molecule has 3 N–H and O–H groups in total. The third-order valence-corrected chi connectivity index (χ3v) is 3.59. The van der Waals surface area contributed by atoms with E-state index in [1.807, 2.05) is 12.3 Å². The van der Waals surface area contributed by atoms with Crippen LogP contribution in [0.1, 0.15) is 16.4 Å². The number of anilines is 1. The molecular weight excluding hydrogens is 256 g/mol. The minimum atomic E-state index is -0.0686. The van der Waals surface area contributed by atoms with E-state index in [-0.39, 0.29) is 12.3 Å². The molecule has 0 saturated heterocycles. The standard InChI is InChI=1S/C10H12N4OS2/c1-6-13-8(5-16-6)3-12-9(15)2-7-4-17-10(11)14-7/h4-5H,2-3H2,1H3,(H2,11,14)(H,12,15). The van der Waals surface area contributed by atoms with E-state index in [2.05, 4.69) is 15.3 Å². The van der Waals surface area contributed by atoms with Gasteiger partial charge in [-0.3, -0.25) is 4.79 Å². The predicted molar refractivity (Wildman–Crippen MR) is 68.9 cm³/mol. The predicted octanol–water partition coefficient (Wildman–Crippen LogP) is 1.35. The van der Waals surface area contributed by atoms with E-state index in [0.29, 0.717) is 17.4 Å². The quantitative estimate of drug-likeness (QED) is 0.877. The van der Waals surface area contributed by atoms with Crippen LogP contribution >= 0.6 is 22.7 Å². The van der Waals surface area contributed by atoms with Crippen molar-refractivity contribution in [2.45, 2.75) is 19.9 Å². The summed E-state index contributed by atoms with van der Waals surface area (Å²) in [6.45, 7) is 2.40. The van der Waals surface area contributed by atoms with Gasteiger partial charge in [-0.05, 0) is 6.92 Å². The Hall–Kier alpha value is -1.47. The number of carbonyl (C=O) groups excluding carboxylic acids is 1. The fraction of sp³-hybridized carbons (Fsp3) is 0.300. The Morgan fingerprint density at radius 1 is 1.35 bits per heavy atom. The number of nitrogen functional groups attached to an aromatic ring is 1. The van der Waals surface area contributed by atoms with Crippen LogP contribution in [0.25, 0.3) is 0 Å². The van der Waals surface area contributed by atoms with Crippen LogP contribution in [0, 0.1) is 6.92 Å². The van der Waals surface area contributed by atoms with Crippen LogP contribution in [0.4, 0.5) is 5.13 Å². The molecule has 0 atom stereocenters. The van der Waals surface area contributed by atoms with E-state index >= 15 is 0 Å². The summed E-state index contributed by atoms with van der Waals surface area (Å²) in [5.41, 5.74) is 7.08. The molecule has 0 aromatic carbocycles. The van der Waals surface area contributed by atoms with Gasteiger partial charge in [0.25, 0.3) is 0 Å². The first kappa shape index (κ1) is 12.0. The first-order chi connectivity index (χ1) is 8.13. The lowest BCUT2D eigenvalue weighted by Crippen LogP contribution is -2.24. The number of nitrogens with two attached hydrogens (primary N) is 1. The Labute approximate surface area is 107 Å². The molecule has 2 aromatic rings. The van der Waals surface area contributed by atoms with Crippen molar-refractivity contribution in [3.63, 3.8) is 0 Å². The number of nitrogens with zero attached hydrogens (tertiary/aromatic N) is 2. The fourth-order valence-corrected chi connectivity index (χ4v) is 2.48. The van der Waals surface area contributed by atoms with Gasteiger partial charge in [0.2, 0.25) is 5.91 Å². The van der Waals surface area contributed by atoms with E-state index in [1.165, 1.54) is 11.3 Å². The van der Waals surface area contributed by atoms with E-state index < -0.39 is 0 Å². The molecule has 0 bridgehead atoms. The third kappa shape index (κ3) is 3.50. The van der Waals surface area contributed by atoms with Gasteiger partial charge in [-0.1, -0.05) is 0 Å². The molecule has 2 rings (SSSR count). The molecule has 0 fully saturated rings. The largest absolute Gasteiger partial charge is 0.375 e. The van der Waals surface area contributed by atoms with Crippen molar-refractivity contribution >= 4 is 33.7 Å². The maximum absolute atomic E-state index is 11.6. The average molecular weight is 268 g/mol. The van der Waals surface area contributed by atoms with Crippen molar-refractivity contribution in [1.82, 2.24) is 15.3 Å². The number of nitrogens with one attached hydrogen (secondary N) is 1. The number of aryl methyl sites for hydroxylation is 1. The third-order valence-electron chi connectivity index (χ3n) is 2.04. The molecule has 5 nitrogen and oxygen atoms in total. The zero-order valence-corrected chi connectivity index (χ0v) is 10.9. The second-order valence-electron chi connectivity index (χ2n) is 3.49. The Morgan fingerprint density at radius 3 is 2.71 bits per heavy atom. The molecule has 0 spiro atoms. The fourth-order valence-electron chi connectivity index (χ4n) is 1.31. The first-order valence-electron chi connectivity index (χ1n) is 5.01. The van der Waals surface area contributed by atoms with E-state index in [4.69, 9.17) is 5.73 Å². The van der Waals surface area contributed by atoms with Gasteiger partial charge in [-0.25, -0.2) is 9.97 Å². The topological polar surface area (TPSA) is 80.9 Å². The minimum absolute atomic E-state index is 0.0686. The Balaban J connectivity index is 1.82. The zero-order chi connectivity index (χ0) is 12.3. The number of thiazole rings is 2. The Morgan fingerprint density at radius 2 is 2.12 bits per heavy atom. The Bertz CT molecular complexity index is 520. The molecule has 0 aliphatic heterocycles. The van der Waals surface area contributed by atoms with Crippen LogP contribution in [0.15, 0.2) is 10.8 Å². The second kappa shape index (κ2) is 5.24. The van der Waals surface area contributed by atoms with Gasteiger partial charge in [0.15, 0.2) is 5.13 Å². The lowest BCUT2D eigenvalue weighted by molar-refractivity contribution is -0.120. The molecule has 90 valence electrons. The summed E-state index contributed by atoms with van der Waals surface area (Å²) in [7, 11) is 0. The van der Waals surface area contributed by atoms with Gasteiger partial charge in [-0.2, -0.15) is 0 Å². The van der Waals surface area contributed by atoms with Gasteiger partial charge in [0.05, 0.1) is 29.4 Å². The van der Waals surface area contributed by atoms with Crippen molar-refractivity contribution in [2.24, 2.45) is 0 Å². The summed E-state index contributed by atoms with van der Waals surface area (Å²) in [6, 6.07) is 0. The number of hydrogen-bond acceptors (Lipinski definition) is 6. The molecule has 17 heavy (non-hydrogen) atoms. The highest BCUT2D eigenvalue weighted by Gasteiger charge is 2.07. The zero-order valence-electron chi connectivity index (χ0n) is 9.27. The highest BCUT2D eigenvalue weighted by atomic mass is 32.1. The maximum atomic E-state index is 11.6. The number of rotatable bonds is 4. The lowest BCUT2D eigenvalue weighted by Gasteiger charge is -2.00. The normalized spacial score (nSPS) is 10.4. The number of hydrogen-bond donors (Lipinski definition) is 2. The molecule has 0 saturated carbocycles. The van der Waals surface area contributed by atoms with Gasteiger partial charge >= 0.3 is 0 Å². The summed E-state index contributed by atoms with van der Waals surface area (Å²) in [5.74, 6) is -0.0686. The van der Waals surface area contributed by atoms with Gasteiger partial charge in [0.1, 0.15) is 0 Å². The van der Waals surface area contributed by atoms with E-state index in [9.17, 15) is 4.79 Å². The average Bonchev–Trinajstić information content (AvgIpc) is 2.85. The van der Waals surface area contributed by atoms with Crippen LogP contribution in [0.5, 0.6) is 0 Å². The van der Waals surface area contributed by atoms with Crippen molar-refractivity contribution in [1.29, 1.82) is 0 Å². The molecular formula is C10H12N4OS2. The van der Waals surface area contributed by atoms with Crippen LogP contribution in [0.2, 0.25) is 0 Å².